The average Bonchev–Trinajstić information content (AvgIpc) is 2.44. The Morgan fingerprint density at radius 3 is 2.82 bits per heavy atom. The van der Waals surface area contributed by atoms with Crippen molar-refractivity contribution in [3.8, 4) is 0 Å². The first-order valence-electron chi connectivity index (χ1n) is 3.84. The fraction of sp³-hybridized carbons (Fsp3) is 0.625. The minimum atomic E-state index is -0.561. The molecule has 0 aromatic carbocycles. The van der Waals surface area contributed by atoms with Gasteiger partial charge in [-0.25, -0.2) is 0 Å². The van der Waals surface area contributed by atoms with Crippen LogP contribution in [-0.2, 0) is 12.6 Å². The van der Waals surface area contributed by atoms with E-state index < -0.39 is 5.60 Å². The maximum atomic E-state index is 9.83. The van der Waals surface area contributed by atoms with E-state index in [2.05, 4.69) is 5.10 Å². The number of aliphatic hydroxyl groups is 1. The molecule has 0 aliphatic heterocycles. The monoisotopic (exact) mass is 152 g/mol. The van der Waals surface area contributed by atoms with Crippen molar-refractivity contribution in [1.82, 2.24) is 9.78 Å². The van der Waals surface area contributed by atoms with Gasteiger partial charge in [-0.1, -0.05) is 6.92 Å². The van der Waals surface area contributed by atoms with Gasteiger partial charge in [-0.15, -0.1) is 0 Å². The molecule has 11 heavy (non-hydrogen) atoms. The highest BCUT2D eigenvalue weighted by atomic mass is 16.3. The fourth-order valence-corrected chi connectivity index (χ4v) is 1.46. The second-order valence-corrected chi connectivity index (χ2v) is 3.43. The van der Waals surface area contributed by atoms with Crippen LogP contribution in [0.15, 0.2) is 12.4 Å². The zero-order valence-electron chi connectivity index (χ0n) is 6.78. The summed E-state index contributed by atoms with van der Waals surface area (Å²) in [4.78, 5) is 0. The molecule has 1 fully saturated rings. The van der Waals surface area contributed by atoms with Gasteiger partial charge in [-0.2, -0.15) is 5.10 Å². The highest BCUT2D eigenvalue weighted by Gasteiger charge is 2.51. The summed E-state index contributed by atoms with van der Waals surface area (Å²) in [6.07, 6.45) is 4.49. The standard InChI is InChI=1S/C8H12N2O/c1-6-3-8(6,11)7-4-9-10(2)5-7/h4-6,11H,3H2,1-2H3. The molecule has 1 aromatic heterocycles. The smallest absolute Gasteiger partial charge is 0.0957 e. The molecule has 2 unspecified atom stereocenters. The lowest BCUT2D eigenvalue weighted by Gasteiger charge is -2.03. The molecule has 2 atom stereocenters. The molecule has 1 saturated carbocycles. The van der Waals surface area contributed by atoms with Crippen molar-refractivity contribution in [2.75, 3.05) is 0 Å². The molecule has 1 aliphatic carbocycles. The Morgan fingerprint density at radius 2 is 2.45 bits per heavy atom. The molecule has 2 rings (SSSR count). The zero-order valence-corrected chi connectivity index (χ0v) is 6.78. The predicted molar refractivity (Wildman–Crippen MR) is 40.9 cm³/mol. The summed E-state index contributed by atoms with van der Waals surface area (Å²) in [5.41, 5.74) is 0.390. The molecule has 1 aliphatic rings. The van der Waals surface area contributed by atoms with Crippen LogP contribution in [0, 0.1) is 5.92 Å². The number of nitrogens with zero attached hydrogens (tertiary/aromatic N) is 2. The Hall–Kier alpha value is -0.830. The van der Waals surface area contributed by atoms with E-state index in [1.165, 1.54) is 0 Å². The average molecular weight is 152 g/mol. The van der Waals surface area contributed by atoms with Gasteiger partial charge in [-0.3, -0.25) is 4.68 Å². The molecule has 0 amide bonds. The van der Waals surface area contributed by atoms with Crippen LogP contribution >= 0.6 is 0 Å². The van der Waals surface area contributed by atoms with E-state index in [0.29, 0.717) is 5.92 Å². The van der Waals surface area contributed by atoms with E-state index in [1.54, 1.807) is 10.9 Å². The Kier molecular flexibility index (Phi) is 1.16. The summed E-state index contributed by atoms with van der Waals surface area (Å²) in [6, 6.07) is 0. The van der Waals surface area contributed by atoms with Crippen LogP contribution < -0.4 is 0 Å². The van der Waals surface area contributed by atoms with Gasteiger partial charge in [-0.05, 0) is 12.3 Å². The second-order valence-electron chi connectivity index (χ2n) is 3.43. The van der Waals surface area contributed by atoms with E-state index in [-0.39, 0.29) is 0 Å². The largest absolute Gasteiger partial charge is 0.385 e. The molecule has 3 nitrogen and oxygen atoms in total. The molecule has 60 valence electrons. The van der Waals surface area contributed by atoms with E-state index in [0.717, 1.165) is 12.0 Å². The molecule has 0 saturated heterocycles. The first kappa shape index (κ1) is 6.85. The SMILES string of the molecule is CC1CC1(O)c1cnn(C)c1. The zero-order chi connectivity index (χ0) is 8.06. The molecule has 0 spiro atoms. The van der Waals surface area contributed by atoms with Crippen molar-refractivity contribution < 1.29 is 5.11 Å². The Bertz CT molecular complexity index is 281. The maximum absolute atomic E-state index is 9.83. The van der Waals surface area contributed by atoms with Gasteiger partial charge in [0.1, 0.15) is 0 Å². The van der Waals surface area contributed by atoms with E-state index in [1.807, 2.05) is 20.2 Å². The van der Waals surface area contributed by atoms with Gasteiger partial charge in [0.25, 0.3) is 0 Å². The highest BCUT2D eigenvalue weighted by Crippen LogP contribution is 2.51. The number of hydrogen-bond acceptors (Lipinski definition) is 2. The van der Waals surface area contributed by atoms with Crippen LogP contribution in [0.2, 0.25) is 0 Å². The van der Waals surface area contributed by atoms with E-state index in [4.69, 9.17) is 0 Å². The van der Waals surface area contributed by atoms with Gasteiger partial charge in [0.15, 0.2) is 0 Å². The molecular formula is C8H12N2O. The van der Waals surface area contributed by atoms with Crippen molar-refractivity contribution in [2.24, 2.45) is 13.0 Å². The van der Waals surface area contributed by atoms with Gasteiger partial charge < -0.3 is 5.11 Å². The lowest BCUT2D eigenvalue weighted by Crippen LogP contribution is -2.05. The Balaban J connectivity index is 2.31. The van der Waals surface area contributed by atoms with Gasteiger partial charge in [0.2, 0.25) is 0 Å². The van der Waals surface area contributed by atoms with Crippen molar-refractivity contribution in [1.29, 1.82) is 0 Å². The van der Waals surface area contributed by atoms with Crippen molar-refractivity contribution in [3.63, 3.8) is 0 Å². The topological polar surface area (TPSA) is 38.1 Å². The number of rotatable bonds is 1. The van der Waals surface area contributed by atoms with Gasteiger partial charge >= 0.3 is 0 Å². The molecule has 1 heterocycles. The van der Waals surface area contributed by atoms with Crippen LogP contribution in [-0.4, -0.2) is 14.9 Å². The number of hydrogen-bond donors (Lipinski definition) is 1. The van der Waals surface area contributed by atoms with Crippen LogP contribution in [0.25, 0.3) is 0 Å². The van der Waals surface area contributed by atoms with E-state index in [9.17, 15) is 5.11 Å². The minimum absolute atomic E-state index is 0.395. The van der Waals surface area contributed by atoms with Crippen molar-refractivity contribution in [2.45, 2.75) is 18.9 Å². The lowest BCUT2D eigenvalue weighted by molar-refractivity contribution is 0.134. The summed E-state index contributed by atoms with van der Waals surface area (Å²) in [6.45, 7) is 2.05. The molecule has 3 heteroatoms. The van der Waals surface area contributed by atoms with Gasteiger partial charge in [0, 0.05) is 18.8 Å². The number of aromatic nitrogens is 2. The minimum Gasteiger partial charge on any atom is -0.385 e. The van der Waals surface area contributed by atoms with E-state index >= 15 is 0 Å². The third-order valence-corrected chi connectivity index (χ3v) is 2.48. The maximum Gasteiger partial charge on any atom is 0.0957 e. The fourth-order valence-electron chi connectivity index (χ4n) is 1.46. The second kappa shape index (κ2) is 1.85. The highest BCUT2D eigenvalue weighted by molar-refractivity contribution is 5.24. The van der Waals surface area contributed by atoms with Crippen LogP contribution in [0.3, 0.4) is 0 Å². The third-order valence-electron chi connectivity index (χ3n) is 2.48. The van der Waals surface area contributed by atoms with Crippen molar-refractivity contribution in [3.05, 3.63) is 18.0 Å². The summed E-state index contributed by atoms with van der Waals surface area (Å²) in [5.74, 6) is 0.395. The molecule has 1 aromatic rings. The van der Waals surface area contributed by atoms with Gasteiger partial charge in [0.05, 0.1) is 11.8 Å². The first-order chi connectivity index (χ1) is 5.13. The summed E-state index contributed by atoms with van der Waals surface area (Å²) in [7, 11) is 1.86. The quantitative estimate of drug-likeness (QED) is 0.641. The third kappa shape index (κ3) is 0.878. The van der Waals surface area contributed by atoms with Crippen molar-refractivity contribution >= 4 is 0 Å². The Morgan fingerprint density at radius 1 is 1.82 bits per heavy atom. The summed E-state index contributed by atoms with van der Waals surface area (Å²) >= 11 is 0. The van der Waals surface area contributed by atoms with Crippen LogP contribution in [0.5, 0.6) is 0 Å². The lowest BCUT2D eigenvalue weighted by atomic mass is 10.1. The summed E-state index contributed by atoms with van der Waals surface area (Å²) in [5, 5.41) is 13.8. The molecule has 0 bridgehead atoms. The summed E-state index contributed by atoms with van der Waals surface area (Å²) < 4.78 is 1.72. The molecule has 0 radical (unpaired) electrons. The normalized spacial score (nSPS) is 35.7. The molecular weight excluding hydrogens is 140 g/mol. The molecule has 1 N–H and O–H groups in total. The number of aryl methyl sites for hydroxylation is 1. The van der Waals surface area contributed by atoms with Crippen LogP contribution in [0.1, 0.15) is 18.9 Å². The predicted octanol–water partition coefficient (Wildman–Crippen LogP) is 0.647. The first-order valence-corrected chi connectivity index (χ1v) is 3.84. The Labute approximate surface area is 65.7 Å². The van der Waals surface area contributed by atoms with Crippen LogP contribution in [0.4, 0.5) is 0 Å².